The number of hydrogen-bond donors (Lipinski definition) is 0. The van der Waals surface area contributed by atoms with E-state index in [1.54, 1.807) is 6.07 Å². The lowest BCUT2D eigenvalue weighted by molar-refractivity contribution is -0.111. The van der Waals surface area contributed by atoms with Gasteiger partial charge in [-0.1, -0.05) is 0 Å². The molecule has 0 fully saturated rings. The molecule has 48 valence electrons. The standard InChI is InChI=1S/C6H5ClO2/c7-6(8)3-5-1-2-9-4-5/h1-2,4H,3H2. The second kappa shape index (κ2) is 2.69. The third kappa shape index (κ3) is 1.90. The summed E-state index contributed by atoms with van der Waals surface area (Å²) in [4.78, 5) is 10.2. The summed E-state index contributed by atoms with van der Waals surface area (Å²) in [6.07, 6.45) is 3.26. The van der Waals surface area contributed by atoms with Crippen molar-refractivity contribution in [3.63, 3.8) is 0 Å². The van der Waals surface area contributed by atoms with Gasteiger partial charge in [-0.3, -0.25) is 4.79 Å². The first-order valence-corrected chi connectivity index (χ1v) is 2.86. The number of carbonyl (C=O) groups excluding carboxylic acids is 1. The monoisotopic (exact) mass is 144 g/mol. The number of halogens is 1. The van der Waals surface area contributed by atoms with E-state index in [1.807, 2.05) is 0 Å². The van der Waals surface area contributed by atoms with Gasteiger partial charge in [0, 0.05) is 0 Å². The molecule has 1 rings (SSSR count). The van der Waals surface area contributed by atoms with Crippen LogP contribution in [0.3, 0.4) is 0 Å². The Kier molecular flexibility index (Phi) is 1.90. The van der Waals surface area contributed by atoms with Crippen molar-refractivity contribution in [2.75, 3.05) is 0 Å². The van der Waals surface area contributed by atoms with Crippen LogP contribution in [0.4, 0.5) is 0 Å². The second-order valence-electron chi connectivity index (χ2n) is 1.66. The van der Waals surface area contributed by atoms with E-state index in [2.05, 4.69) is 0 Å². The smallest absolute Gasteiger partial charge is 0.226 e. The molecule has 0 aromatic carbocycles. The average molecular weight is 145 g/mol. The zero-order valence-corrected chi connectivity index (χ0v) is 5.39. The van der Waals surface area contributed by atoms with Gasteiger partial charge in [-0.25, -0.2) is 0 Å². The van der Waals surface area contributed by atoms with Gasteiger partial charge in [0.05, 0.1) is 18.9 Å². The van der Waals surface area contributed by atoms with Gasteiger partial charge in [-0.15, -0.1) is 0 Å². The normalized spacial score (nSPS) is 9.44. The Morgan fingerprint density at radius 1 is 1.78 bits per heavy atom. The third-order valence-corrected chi connectivity index (χ3v) is 1.06. The van der Waals surface area contributed by atoms with Crippen LogP contribution in [0.1, 0.15) is 5.56 Å². The lowest BCUT2D eigenvalue weighted by Crippen LogP contribution is -1.89. The fourth-order valence-corrected chi connectivity index (χ4v) is 0.708. The maximum atomic E-state index is 10.2. The van der Waals surface area contributed by atoms with Crippen LogP contribution >= 0.6 is 11.6 Å². The van der Waals surface area contributed by atoms with E-state index in [0.29, 0.717) is 0 Å². The second-order valence-corrected chi connectivity index (χ2v) is 2.09. The number of carbonyl (C=O) groups is 1. The van der Waals surface area contributed by atoms with E-state index >= 15 is 0 Å². The molecule has 3 heteroatoms. The Balaban J connectivity index is 2.58. The van der Waals surface area contributed by atoms with Gasteiger partial charge < -0.3 is 4.42 Å². The molecule has 1 heterocycles. The van der Waals surface area contributed by atoms with Crippen LogP contribution in [0.2, 0.25) is 0 Å². The van der Waals surface area contributed by atoms with Gasteiger partial charge in [0.2, 0.25) is 5.24 Å². The lowest BCUT2D eigenvalue weighted by atomic mass is 10.3. The van der Waals surface area contributed by atoms with Crippen LogP contribution in [0.25, 0.3) is 0 Å². The van der Waals surface area contributed by atoms with Crippen LogP contribution in [-0.2, 0) is 11.2 Å². The molecule has 0 spiro atoms. The Hall–Kier alpha value is -0.760. The molecule has 0 aliphatic carbocycles. The van der Waals surface area contributed by atoms with Crippen molar-refractivity contribution in [2.45, 2.75) is 6.42 Å². The topological polar surface area (TPSA) is 30.2 Å². The average Bonchev–Trinajstić information content (AvgIpc) is 2.15. The quantitative estimate of drug-likeness (QED) is 0.590. The fourth-order valence-electron chi connectivity index (χ4n) is 0.554. The molecular formula is C6H5ClO2. The van der Waals surface area contributed by atoms with E-state index in [4.69, 9.17) is 16.0 Å². The highest BCUT2D eigenvalue weighted by atomic mass is 35.5. The summed E-state index contributed by atoms with van der Waals surface area (Å²) in [5.41, 5.74) is 0.815. The Morgan fingerprint density at radius 3 is 3.00 bits per heavy atom. The summed E-state index contributed by atoms with van der Waals surface area (Å²) in [6, 6.07) is 1.71. The maximum Gasteiger partial charge on any atom is 0.226 e. The van der Waals surface area contributed by atoms with Crippen LogP contribution in [0.5, 0.6) is 0 Å². The molecule has 1 aromatic rings. The van der Waals surface area contributed by atoms with E-state index in [-0.39, 0.29) is 11.7 Å². The molecule has 0 N–H and O–H groups in total. The van der Waals surface area contributed by atoms with Gasteiger partial charge in [-0.05, 0) is 23.2 Å². The minimum atomic E-state index is -0.364. The molecule has 0 radical (unpaired) electrons. The van der Waals surface area contributed by atoms with Gasteiger partial charge in [0.15, 0.2) is 0 Å². The summed E-state index contributed by atoms with van der Waals surface area (Å²) in [5, 5.41) is -0.364. The van der Waals surface area contributed by atoms with E-state index in [0.717, 1.165) is 5.56 Å². The summed E-state index contributed by atoms with van der Waals surface area (Å²) in [7, 11) is 0. The van der Waals surface area contributed by atoms with Crippen molar-refractivity contribution in [3.8, 4) is 0 Å². The third-order valence-electron chi connectivity index (χ3n) is 0.923. The number of rotatable bonds is 2. The van der Waals surface area contributed by atoms with Crippen molar-refractivity contribution in [1.82, 2.24) is 0 Å². The molecule has 2 nitrogen and oxygen atoms in total. The van der Waals surface area contributed by atoms with E-state index in [9.17, 15) is 4.79 Å². The van der Waals surface area contributed by atoms with Crippen molar-refractivity contribution in [1.29, 1.82) is 0 Å². The van der Waals surface area contributed by atoms with Crippen molar-refractivity contribution in [2.24, 2.45) is 0 Å². The summed E-state index contributed by atoms with van der Waals surface area (Å²) in [5.74, 6) is 0. The van der Waals surface area contributed by atoms with Crippen LogP contribution in [-0.4, -0.2) is 5.24 Å². The first-order valence-electron chi connectivity index (χ1n) is 2.48. The Bertz CT molecular complexity index is 191. The highest BCUT2D eigenvalue weighted by Crippen LogP contribution is 2.02. The predicted molar refractivity (Wildman–Crippen MR) is 33.3 cm³/mol. The highest BCUT2D eigenvalue weighted by Gasteiger charge is 1.98. The SMILES string of the molecule is O=C(Cl)Cc1ccoc1. The van der Waals surface area contributed by atoms with E-state index in [1.165, 1.54) is 12.5 Å². The Labute approximate surface area is 57.4 Å². The molecule has 1 aromatic heterocycles. The molecule has 0 saturated carbocycles. The molecule has 0 atom stereocenters. The van der Waals surface area contributed by atoms with Crippen molar-refractivity contribution < 1.29 is 9.21 Å². The lowest BCUT2D eigenvalue weighted by Gasteiger charge is -1.83. The number of furan rings is 1. The fraction of sp³-hybridized carbons (Fsp3) is 0.167. The van der Waals surface area contributed by atoms with Crippen molar-refractivity contribution >= 4 is 16.8 Å². The first kappa shape index (κ1) is 6.36. The van der Waals surface area contributed by atoms with Crippen LogP contribution in [0.15, 0.2) is 23.0 Å². The molecule has 0 bridgehead atoms. The summed E-state index contributed by atoms with van der Waals surface area (Å²) >= 11 is 5.09. The summed E-state index contributed by atoms with van der Waals surface area (Å²) in [6.45, 7) is 0. The van der Waals surface area contributed by atoms with Gasteiger partial charge in [-0.2, -0.15) is 0 Å². The number of hydrogen-bond acceptors (Lipinski definition) is 2. The first-order chi connectivity index (χ1) is 4.29. The zero-order chi connectivity index (χ0) is 6.69. The van der Waals surface area contributed by atoms with Crippen molar-refractivity contribution in [3.05, 3.63) is 24.2 Å². The van der Waals surface area contributed by atoms with Gasteiger partial charge in [0.1, 0.15) is 0 Å². The van der Waals surface area contributed by atoms with Gasteiger partial charge in [0.25, 0.3) is 0 Å². The largest absolute Gasteiger partial charge is 0.472 e. The van der Waals surface area contributed by atoms with Gasteiger partial charge >= 0.3 is 0 Å². The molecule has 0 saturated heterocycles. The minimum Gasteiger partial charge on any atom is -0.472 e. The van der Waals surface area contributed by atoms with Crippen LogP contribution in [0, 0.1) is 0 Å². The highest BCUT2D eigenvalue weighted by molar-refractivity contribution is 6.63. The maximum absolute atomic E-state index is 10.2. The molecule has 0 aliphatic heterocycles. The molecule has 0 aliphatic rings. The molecule has 0 amide bonds. The zero-order valence-electron chi connectivity index (χ0n) is 4.63. The van der Waals surface area contributed by atoms with E-state index < -0.39 is 0 Å². The molecule has 0 unspecified atom stereocenters. The predicted octanol–water partition coefficient (Wildman–Crippen LogP) is 1.59. The molecular weight excluding hydrogens is 140 g/mol. The molecule has 9 heavy (non-hydrogen) atoms. The Morgan fingerprint density at radius 2 is 2.56 bits per heavy atom. The van der Waals surface area contributed by atoms with Crippen LogP contribution < -0.4 is 0 Å². The summed E-state index contributed by atoms with van der Waals surface area (Å²) < 4.78 is 4.70. The minimum absolute atomic E-state index is 0.248.